The monoisotopic (exact) mass is 252 g/mol. The molecular formula is C12H20N4O2. The van der Waals surface area contributed by atoms with Crippen LogP contribution in [0.3, 0.4) is 0 Å². The minimum absolute atomic E-state index is 0.374. The summed E-state index contributed by atoms with van der Waals surface area (Å²) in [4.78, 5) is 12.5. The number of rotatable bonds is 2. The third-order valence-corrected chi connectivity index (χ3v) is 3.39. The maximum Gasteiger partial charge on any atom is 0.149 e. The maximum atomic E-state index is 9.93. The second-order valence-corrected chi connectivity index (χ2v) is 5.20. The highest BCUT2D eigenvalue weighted by Gasteiger charge is 2.36. The molecule has 2 N–H and O–H groups in total. The number of hydrogen-bond acceptors (Lipinski definition) is 6. The smallest absolute Gasteiger partial charge is 0.149 e. The van der Waals surface area contributed by atoms with Gasteiger partial charge < -0.3 is 20.0 Å². The highest BCUT2D eigenvalue weighted by Crippen LogP contribution is 2.25. The summed E-state index contributed by atoms with van der Waals surface area (Å²) in [7, 11) is 3.81. The van der Waals surface area contributed by atoms with Crippen LogP contribution < -0.4 is 9.80 Å². The Morgan fingerprint density at radius 3 is 2.78 bits per heavy atom. The lowest BCUT2D eigenvalue weighted by atomic mass is 9.91. The summed E-state index contributed by atoms with van der Waals surface area (Å²) in [6.45, 7) is 2.70. The molecule has 1 fully saturated rings. The number of anilines is 2. The van der Waals surface area contributed by atoms with Crippen LogP contribution in [0.2, 0.25) is 0 Å². The zero-order chi connectivity index (χ0) is 13.3. The van der Waals surface area contributed by atoms with Crippen LogP contribution in [0.5, 0.6) is 0 Å². The van der Waals surface area contributed by atoms with Crippen LogP contribution in [0.1, 0.15) is 13.3 Å². The predicted octanol–water partition coefficient (Wildman–Crippen LogP) is -0.135. The SMILES string of the molecule is CN(C)c1cncc(N2CC[C@@](C)(O)[C@H](O)C2)n1. The molecule has 2 atom stereocenters. The van der Waals surface area contributed by atoms with Gasteiger partial charge >= 0.3 is 0 Å². The van der Waals surface area contributed by atoms with Crippen molar-refractivity contribution in [2.45, 2.75) is 25.0 Å². The van der Waals surface area contributed by atoms with Crippen molar-refractivity contribution >= 4 is 11.6 Å². The van der Waals surface area contributed by atoms with Crippen LogP contribution in [0, 0.1) is 0 Å². The van der Waals surface area contributed by atoms with Crippen LogP contribution >= 0.6 is 0 Å². The Morgan fingerprint density at radius 1 is 1.44 bits per heavy atom. The number of piperidine rings is 1. The van der Waals surface area contributed by atoms with Gasteiger partial charge in [-0.25, -0.2) is 4.98 Å². The summed E-state index contributed by atoms with van der Waals surface area (Å²) in [5.74, 6) is 1.51. The van der Waals surface area contributed by atoms with Gasteiger partial charge in [0.2, 0.25) is 0 Å². The number of aliphatic hydroxyl groups excluding tert-OH is 1. The quantitative estimate of drug-likeness (QED) is 0.763. The molecule has 2 rings (SSSR count). The average molecular weight is 252 g/mol. The minimum Gasteiger partial charge on any atom is -0.388 e. The first-order chi connectivity index (χ1) is 8.40. The van der Waals surface area contributed by atoms with Gasteiger partial charge in [0.15, 0.2) is 0 Å². The van der Waals surface area contributed by atoms with Crippen molar-refractivity contribution in [3.05, 3.63) is 12.4 Å². The van der Waals surface area contributed by atoms with Crippen molar-refractivity contribution in [3.8, 4) is 0 Å². The van der Waals surface area contributed by atoms with Crippen molar-refractivity contribution in [2.75, 3.05) is 37.0 Å². The molecule has 0 aromatic carbocycles. The van der Waals surface area contributed by atoms with Gasteiger partial charge in [-0.3, -0.25) is 4.98 Å². The summed E-state index contributed by atoms with van der Waals surface area (Å²) in [6, 6.07) is 0. The first-order valence-corrected chi connectivity index (χ1v) is 6.05. The summed E-state index contributed by atoms with van der Waals surface area (Å²) in [5.41, 5.74) is -1.01. The van der Waals surface area contributed by atoms with E-state index in [1.165, 1.54) is 0 Å². The molecule has 0 saturated carbocycles. The van der Waals surface area contributed by atoms with E-state index in [9.17, 15) is 10.2 Å². The second-order valence-electron chi connectivity index (χ2n) is 5.20. The Morgan fingerprint density at radius 2 is 2.17 bits per heavy atom. The van der Waals surface area contributed by atoms with Gasteiger partial charge in [-0.05, 0) is 13.3 Å². The van der Waals surface area contributed by atoms with Crippen molar-refractivity contribution < 1.29 is 10.2 Å². The lowest BCUT2D eigenvalue weighted by Crippen LogP contribution is -2.54. The number of aliphatic hydroxyl groups is 2. The van der Waals surface area contributed by atoms with E-state index < -0.39 is 11.7 Å². The Bertz CT molecular complexity index is 422. The molecule has 0 unspecified atom stereocenters. The molecule has 1 aromatic rings. The van der Waals surface area contributed by atoms with Crippen LogP contribution in [0.25, 0.3) is 0 Å². The zero-order valence-corrected chi connectivity index (χ0v) is 11.0. The molecule has 6 heteroatoms. The molecule has 0 amide bonds. The van der Waals surface area contributed by atoms with Crippen molar-refractivity contribution in [3.63, 3.8) is 0 Å². The molecule has 0 aliphatic carbocycles. The van der Waals surface area contributed by atoms with E-state index in [0.29, 0.717) is 19.5 Å². The van der Waals surface area contributed by atoms with Crippen LogP contribution in [0.15, 0.2) is 12.4 Å². The van der Waals surface area contributed by atoms with Gasteiger partial charge in [-0.15, -0.1) is 0 Å². The Balaban J connectivity index is 2.16. The zero-order valence-electron chi connectivity index (χ0n) is 11.0. The van der Waals surface area contributed by atoms with E-state index in [1.807, 2.05) is 23.9 Å². The van der Waals surface area contributed by atoms with E-state index in [-0.39, 0.29) is 0 Å². The number of hydrogen-bond donors (Lipinski definition) is 2. The highest BCUT2D eigenvalue weighted by atomic mass is 16.3. The fraction of sp³-hybridized carbons (Fsp3) is 0.667. The summed E-state index contributed by atoms with van der Waals surface area (Å²) >= 11 is 0. The van der Waals surface area contributed by atoms with E-state index >= 15 is 0 Å². The van der Waals surface area contributed by atoms with Gasteiger partial charge in [0.1, 0.15) is 11.6 Å². The normalized spacial score (nSPS) is 28.3. The summed E-state index contributed by atoms with van der Waals surface area (Å²) in [6.07, 6.45) is 3.12. The van der Waals surface area contributed by atoms with Crippen molar-refractivity contribution in [2.24, 2.45) is 0 Å². The average Bonchev–Trinajstić information content (AvgIpc) is 2.33. The standard InChI is InChI=1S/C12H20N4O2/c1-12(18)4-5-16(8-9(12)17)11-7-13-6-10(14-11)15(2)3/h6-7,9,17-18H,4-5,8H2,1-3H3/t9-,12-/m1/s1. The fourth-order valence-electron chi connectivity index (χ4n) is 1.95. The Kier molecular flexibility index (Phi) is 3.41. The van der Waals surface area contributed by atoms with Gasteiger partial charge in [-0.2, -0.15) is 0 Å². The molecule has 1 aliphatic rings. The Labute approximate surface area is 107 Å². The van der Waals surface area contributed by atoms with E-state index in [4.69, 9.17) is 0 Å². The topological polar surface area (TPSA) is 72.7 Å². The number of aromatic nitrogens is 2. The van der Waals surface area contributed by atoms with Crippen molar-refractivity contribution in [1.29, 1.82) is 0 Å². The van der Waals surface area contributed by atoms with E-state index in [1.54, 1.807) is 19.3 Å². The lowest BCUT2D eigenvalue weighted by Gasteiger charge is -2.40. The molecule has 1 saturated heterocycles. The van der Waals surface area contributed by atoms with Crippen LogP contribution in [0.4, 0.5) is 11.6 Å². The number of β-amino-alcohol motifs (C(OH)–C–C–N with tert-alkyl or cyclic N) is 1. The lowest BCUT2D eigenvalue weighted by molar-refractivity contribution is -0.0722. The van der Waals surface area contributed by atoms with Gasteiger partial charge in [-0.1, -0.05) is 0 Å². The maximum absolute atomic E-state index is 9.93. The molecule has 2 heterocycles. The largest absolute Gasteiger partial charge is 0.388 e. The minimum atomic E-state index is -1.01. The fourth-order valence-corrected chi connectivity index (χ4v) is 1.95. The molecule has 6 nitrogen and oxygen atoms in total. The molecule has 1 aromatic heterocycles. The predicted molar refractivity (Wildman–Crippen MR) is 69.8 cm³/mol. The van der Waals surface area contributed by atoms with E-state index in [0.717, 1.165) is 11.6 Å². The number of nitrogens with zero attached hydrogens (tertiary/aromatic N) is 4. The Hall–Kier alpha value is -1.40. The van der Waals surface area contributed by atoms with Crippen molar-refractivity contribution in [1.82, 2.24) is 9.97 Å². The van der Waals surface area contributed by atoms with E-state index in [2.05, 4.69) is 9.97 Å². The van der Waals surface area contributed by atoms with Gasteiger partial charge in [0, 0.05) is 27.2 Å². The molecule has 100 valence electrons. The second kappa shape index (κ2) is 4.70. The third-order valence-electron chi connectivity index (χ3n) is 3.39. The molecule has 0 spiro atoms. The molecule has 0 bridgehead atoms. The first kappa shape index (κ1) is 13.0. The molecule has 0 radical (unpaired) electrons. The molecule has 1 aliphatic heterocycles. The van der Waals surface area contributed by atoms with Crippen LogP contribution in [-0.2, 0) is 0 Å². The summed E-state index contributed by atoms with van der Waals surface area (Å²) in [5, 5.41) is 19.8. The highest BCUT2D eigenvalue weighted by molar-refractivity contribution is 5.45. The van der Waals surface area contributed by atoms with Gasteiger partial charge in [0.25, 0.3) is 0 Å². The first-order valence-electron chi connectivity index (χ1n) is 6.05. The van der Waals surface area contributed by atoms with Gasteiger partial charge in [0.05, 0.1) is 24.1 Å². The molecular weight excluding hydrogens is 232 g/mol. The summed E-state index contributed by atoms with van der Waals surface area (Å²) < 4.78 is 0. The van der Waals surface area contributed by atoms with Crippen LogP contribution in [-0.4, -0.2) is 59.1 Å². The molecule has 18 heavy (non-hydrogen) atoms. The third kappa shape index (κ3) is 2.54.